The minimum Gasteiger partial charge on any atom is -0.424 e. The first-order chi connectivity index (χ1) is 19.4. The van der Waals surface area contributed by atoms with E-state index in [1.54, 1.807) is 12.1 Å². The summed E-state index contributed by atoms with van der Waals surface area (Å²) in [7, 11) is 0. The van der Waals surface area contributed by atoms with Crippen molar-refractivity contribution >= 4 is 5.97 Å². The topological polar surface area (TPSA) is 52.1 Å². The smallest absolute Gasteiger partial charge is 0.348 e. The molecule has 1 atom stereocenters. The lowest BCUT2D eigenvalue weighted by atomic mass is 9.98. The number of benzene rings is 2. The minimum atomic E-state index is -1.99. The number of nitrogens with zero attached hydrogens (tertiary/aromatic N) is 2. The number of unbranched alkanes of at least 4 members (excludes halogenated alkanes) is 10. The Balaban J connectivity index is 1.57. The average molecular weight is 547 g/mol. The predicted molar refractivity (Wildman–Crippen MR) is 163 cm³/mol. The molecule has 1 unspecified atom stereocenters. The number of hydrogen-bond acceptors (Lipinski definition) is 4. The lowest BCUT2D eigenvalue weighted by molar-refractivity contribution is -0.147. The molecule has 0 fully saturated rings. The Labute approximate surface area is 240 Å². The second-order valence-electron chi connectivity index (χ2n) is 11.1. The number of carbonyl (C=O) groups excluding carboxylic acids is 1. The third-order valence-electron chi connectivity index (χ3n) is 7.49. The van der Waals surface area contributed by atoms with Crippen LogP contribution in [0.15, 0.2) is 60.9 Å². The van der Waals surface area contributed by atoms with Gasteiger partial charge in [-0.15, -0.1) is 0 Å². The van der Waals surface area contributed by atoms with Crippen molar-refractivity contribution in [3.05, 3.63) is 66.5 Å². The molecule has 0 aliphatic rings. The summed E-state index contributed by atoms with van der Waals surface area (Å²) in [4.78, 5) is 21.9. The van der Waals surface area contributed by atoms with Gasteiger partial charge in [0.1, 0.15) is 5.75 Å². The van der Waals surface area contributed by atoms with E-state index >= 15 is 4.39 Å². The first-order valence-electron chi connectivity index (χ1n) is 15.4. The Morgan fingerprint density at radius 1 is 0.750 bits per heavy atom. The van der Waals surface area contributed by atoms with E-state index in [9.17, 15) is 4.79 Å². The SMILES string of the molecule is CCCCCCCCCC(C)(F)C(=O)Oc1ccc(-c2ccccc2-c2ncc(CCCCCCC)cn2)cc1. The standard InChI is InChI=1S/C35H47FN2O2/c1-4-6-8-10-11-13-17-25-35(3,36)34(39)40-30-23-21-29(22-24-30)31-19-15-16-20-32(31)33-37-26-28(27-38-33)18-14-12-9-7-5-2/h15-16,19-24,26-27H,4-14,17-18,25H2,1-3H3. The monoisotopic (exact) mass is 546 g/mol. The van der Waals surface area contributed by atoms with Gasteiger partial charge >= 0.3 is 5.97 Å². The summed E-state index contributed by atoms with van der Waals surface area (Å²) >= 11 is 0. The fraction of sp³-hybridized carbons (Fsp3) is 0.514. The van der Waals surface area contributed by atoms with E-state index in [2.05, 4.69) is 23.8 Å². The molecule has 1 aromatic heterocycles. The molecule has 216 valence electrons. The summed E-state index contributed by atoms with van der Waals surface area (Å²) in [5, 5.41) is 0. The van der Waals surface area contributed by atoms with Crippen molar-refractivity contribution in [1.29, 1.82) is 0 Å². The van der Waals surface area contributed by atoms with Crippen LogP contribution in [0, 0.1) is 0 Å². The van der Waals surface area contributed by atoms with E-state index in [0.29, 0.717) is 18.0 Å². The number of halogens is 1. The molecule has 2 aromatic carbocycles. The number of rotatable bonds is 18. The van der Waals surface area contributed by atoms with Gasteiger partial charge in [-0.2, -0.15) is 0 Å². The molecule has 4 nitrogen and oxygen atoms in total. The molecule has 1 heterocycles. The predicted octanol–water partition coefficient (Wildman–Crippen LogP) is 10.1. The molecule has 0 bridgehead atoms. The van der Waals surface area contributed by atoms with E-state index in [-0.39, 0.29) is 6.42 Å². The Hall–Kier alpha value is -3.08. The van der Waals surface area contributed by atoms with Crippen LogP contribution in [0.25, 0.3) is 22.5 Å². The van der Waals surface area contributed by atoms with Crippen LogP contribution in [0.2, 0.25) is 0 Å². The first kappa shape index (κ1) is 31.4. The van der Waals surface area contributed by atoms with Crippen molar-refractivity contribution in [2.75, 3.05) is 0 Å². The van der Waals surface area contributed by atoms with Crippen molar-refractivity contribution in [3.63, 3.8) is 0 Å². The third-order valence-corrected chi connectivity index (χ3v) is 7.49. The molecule has 0 amide bonds. The Morgan fingerprint density at radius 3 is 1.93 bits per heavy atom. The Morgan fingerprint density at radius 2 is 1.30 bits per heavy atom. The molecule has 0 N–H and O–H groups in total. The van der Waals surface area contributed by atoms with Crippen LogP contribution >= 0.6 is 0 Å². The van der Waals surface area contributed by atoms with Crippen LogP contribution in [0.5, 0.6) is 5.75 Å². The highest BCUT2D eigenvalue weighted by Gasteiger charge is 2.34. The number of aryl methyl sites for hydroxylation is 1. The van der Waals surface area contributed by atoms with E-state index in [0.717, 1.165) is 47.9 Å². The van der Waals surface area contributed by atoms with Gasteiger partial charge in [0.25, 0.3) is 0 Å². The molecular weight excluding hydrogens is 499 g/mol. The van der Waals surface area contributed by atoms with Gasteiger partial charge < -0.3 is 4.74 Å². The van der Waals surface area contributed by atoms with Gasteiger partial charge in [-0.25, -0.2) is 19.2 Å². The van der Waals surface area contributed by atoms with Gasteiger partial charge in [0, 0.05) is 18.0 Å². The van der Waals surface area contributed by atoms with Crippen LogP contribution < -0.4 is 4.74 Å². The maximum Gasteiger partial charge on any atom is 0.348 e. The number of esters is 1. The van der Waals surface area contributed by atoms with Crippen LogP contribution in [0.4, 0.5) is 4.39 Å². The molecule has 5 heteroatoms. The van der Waals surface area contributed by atoms with Gasteiger partial charge in [0.05, 0.1) is 0 Å². The van der Waals surface area contributed by atoms with Gasteiger partial charge in [0.15, 0.2) is 5.82 Å². The Bertz CT molecular complexity index is 1140. The number of aromatic nitrogens is 2. The van der Waals surface area contributed by atoms with Crippen LogP contribution in [-0.4, -0.2) is 21.6 Å². The Kier molecular flexibility index (Phi) is 13.3. The highest BCUT2D eigenvalue weighted by Crippen LogP contribution is 2.32. The van der Waals surface area contributed by atoms with E-state index in [4.69, 9.17) is 4.74 Å². The fourth-order valence-electron chi connectivity index (χ4n) is 4.92. The molecule has 3 aromatic rings. The molecule has 0 saturated heterocycles. The minimum absolute atomic E-state index is 0.183. The van der Waals surface area contributed by atoms with Crippen LogP contribution in [0.1, 0.15) is 110 Å². The second-order valence-corrected chi connectivity index (χ2v) is 11.1. The number of carbonyl (C=O) groups is 1. The molecule has 0 aliphatic carbocycles. The van der Waals surface area contributed by atoms with E-state index in [1.807, 2.05) is 48.8 Å². The summed E-state index contributed by atoms with van der Waals surface area (Å²) in [6, 6.07) is 15.2. The molecule has 0 radical (unpaired) electrons. The lowest BCUT2D eigenvalue weighted by Crippen LogP contribution is -2.34. The molecular formula is C35H47FN2O2. The second kappa shape index (κ2) is 16.9. The van der Waals surface area contributed by atoms with Gasteiger partial charge in [-0.3, -0.25) is 0 Å². The zero-order chi connectivity index (χ0) is 28.6. The van der Waals surface area contributed by atoms with Crippen LogP contribution in [0.3, 0.4) is 0 Å². The van der Waals surface area contributed by atoms with Gasteiger partial charge in [-0.05, 0) is 61.4 Å². The first-order valence-corrected chi connectivity index (χ1v) is 15.4. The van der Waals surface area contributed by atoms with Crippen molar-refractivity contribution in [2.45, 2.75) is 116 Å². The van der Waals surface area contributed by atoms with E-state index < -0.39 is 11.6 Å². The molecule has 0 aliphatic heterocycles. The fourth-order valence-corrected chi connectivity index (χ4v) is 4.92. The molecule has 0 saturated carbocycles. The highest BCUT2D eigenvalue weighted by atomic mass is 19.1. The summed E-state index contributed by atoms with van der Waals surface area (Å²) < 4.78 is 20.5. The number of hydrogen-bond donors (Lipinski definition) is 0. The van der Waals surface area contributed by atoms with Crippen molar-refractivity contribution in [3.8, 4) is 28.3 Å². The number of alkyl halides is 1. The summed E-state index contributed by atoms with van der Waals surface area (Å²) in [6.07, 6.45) is 18.9. The molecule has 40 heavy (non-hydrogen) atoms. The maximum atomic E-state index is 15.0. The zero-order valence-corrected chi connectivity index (χ0v) is 24.8. The van der Waals surface area contributed by atoms with Gasteiger partial charge in [-0.1, -0.05) is 114 Å². The van der Waals surface area contributed by atoms with Crippen LogP contribution in [-0.2, 0) is 11.2 Å². The largest absolute Gasteiger partial charge is 0.424 e. The molecule has 0 spiro atoms. The quantitative estimate of drug-likeness (QED) is 0.0905. The van der Waals surface area contributed by atoms with Gasteiger partial charge in [0.2, 0.25) is 5.67 Å². The van der Waals surface area contributed by atoms with Crippen molar-refractivity contribution in [2.24, 2.45) is 0 Å². The highest BCUT2D eigenvalue weighted by molar-refractivity contribution is 5.82. The zero-order valence-electron chi connectivity index (χ0n) is 24.8. The molecule has 3 rings (SSSR count). The van der Waals surface area contributed by atoms with Crippen molar-refractivity contribution in [1.82, 2.24) is 9.97 Å². The number of ether oxygens (including phenoxy) is 1. The average Bonchev–Trinajstić information content (AvgIpc) is 2.97. The summed E-state index contributed by atoms with van der Waals surface area (Å²) in [6.45, 7) is 5.75. The summed E-state index contributed by atoms with van der Waals surface area (Å²) in [5.74, 6) is 0.194. The van der Waals surface area contributed by atoms with E-state index in [1.165, 1.54) is 58.3 Å². The normalized spacial score (nSPS) is 12.7. The van der Waals surface area contributed by atoms with Crippen molar-refractivity contribution < 1.29 is 13.9 Å². The third kappa shape index (κ3) is 10.1. The summed E-state index contributed by atoms with van der Waals surface area (Å²) in [5.41, 5.74) is 2.05. The maximum absolute atomic E-state index is 15.0. The lowest BCUT2D eigenvalue weighted by Gasteiger charge is -2.18.